The van der Waals surface area contributed by atoms with Crippen molar-refractivity contribution in [3.05, 3.63) is 33.8 Å². The van der Waals surface area contributed by atoms with Crippen LogP contribution >= 0.6 is 23.2 Å². The summed E-state index contributed by atoms with van der Waals surface area (Å²) >= 11 is 11.9. The van der Waals surface area contributed by atoms with Gasteiger partial charge in [0.05, 0.1) is 10.0 Å². The maximum atomic E-state index is 6.00. The summed E-state index contributed by atoms with van der Waals surface area (Å²) in [6.07, 6.45) is 2.48. The third-order valence-electron chi connectivity index (χ3n) is 2.90. The Kier molecular flexibility index (Phi) is 2.74. The monoisotopic (exact) mass is 229 g/mol. The van der Waals surface area contributed by atoms with Gasteiger partial charge in [0.25, 0.3) is 0 Å². The normalized spacial score (nSPS) is 18.2. The molecule has 2 rings (SSSR count). The highest BCUT2D eigenvalue weighted by molar-refractivity contribution is 6.42. The first-order chi connectivity index (χ1) is 6.68. The molecule has 0 bridgehead atoms. The molecule has 1 aromatic rings. The molecule has 0 heterocycles. The van der Waals surface area contributed by atoms with Gasteiger partial charge < -0.3 is 5.32 Å². The predicted octanol–water partition coefficient (Wildman–Crippen LogP) is 3.24. The average Bonchev–Trinajstić information content (AvgIpc) is 2.91. The van der Waals surface area contributed by atoms with Crippen molar-refractivity contribution in [2.45, 2.75) is 18.3 Å². The van der Waals surface area contributed by atoms with E-state index in [9.17, 15) is 0 Å². The zero-order valence-corrected chi connectivity index (χ0v) is 9.62. The van der Waals surface area contributed by atoms with Gasteiger partial charge in [-0.05, 0) is 37.6 Å². The van der Waals surface area contributed by atoms with Crippen LogP contribution in [0, 0.1) is 0 Å². The number of benzene rings is 1. The molecular formula is C11H13Cl2N. The van der Waals surface area contributed by atoms with Crippen molar-refractivity contribution in [2.24, 2.45) is 0 Å². The topological polar surface area (TPSA) is 12.0 Å². The molecule has 0 spiro atoms. The van der Waals surface area contributed by atoms with Crippen LogP contribution in [-0.4, -0.2) is 13.6 Å². The zero-order valence-electron chi connectivity index (χ0n) is 8.11. The standard InChI is InChI=1S/C11H13Cl2N/c1-14-7-11(4-5-11)8-2-3-9(12)10(13)6-8/h2-3,6,14H,4-5,7H2,1H3. The number of hydrogen-bond acceptors (Lipinski definition) is 1. The van der Waals surface area contributed by atoms with Gasteiger partial charge in [0.1, 0.15) is 0 Å². The van der Waals surface area contributed by atoms with Gasteiger partial charge in [0.2, 0.25) is 0 Å². The molecule has 1 fully saturated rings. The van der Waals surface area contributed by atoms with Crippen molar-refractivity contribution in [1.29, 1.82) is 0 Å². The van der Waals surface area contributed by atoms with Crippen molar-refractivity contribution < 1.29 is 0 Å². The summed E-state index contributed by atoms with van der Waals surface area (Å²) in [7, 11) is 1.98. The van der Waals surface area contributed by atoms with Crippen LogP contribution in [0.3, 0.4) is 0 Å². The lowest BCUT2D eigenvalue weighted by Crippen LogP contribution is -2.23. The largest absolute Gasteiger partial charge is 0.319 e. The second-order valence-corrected chi connectivity index (χ2v) is 4.75. The van der Waals surface area contributed by atoms with E-state index in [2.05, 4.69) is 11.4 Å². The molecule has 1 aromatic carbocycles. The van der Waals surface area contributed by atoms with Crippen molar-refractivity contribution in [2.75, 3.05) is 13.6 Å². The van der Waals surface area contributed by atoms with E-state index in [0.717, 1.165) is 6.54 Å². The van der Waals surface area contributed by atoms with E-state index in [0.29, 0.717) is 15.5 Å². The maximum absolute atomic E-state index is 6.00. The Morgan fingerprint density at radius 3 is 2.50 bits per heavy atom. The van der Waals surface area contributed by atoms with E-state index in [1.54, 1.807) is 0 Å². The summed E-state index contributed by atoms with van der Waals surface area (Å²) < 4.78 is 0. The number of likely N-dealkylation sites (N-methyl/N-ethyl adjacent to an activating group) is 1. The Morgan fingerprint density at radius 2 is 2.00 bits per heavy atom. The molecule has 0 radical (unpaired) electrons. The van der Waals surface area contributed by atoms with Crippen LogP contribution in [0.5, 0.6) is 0 Å². The van der Waals surface area contributed by atoms with Crippen molar-refractivity contribution in [1.82, 2.24) is 5.32 Å². The van der Waals surface area contributed by atoms with Crippen LogP contribution in [0.1, 0.15) is 18.4 Å². The van der Waals surface area contributed by atoms with Gasteiger partial charge >= 0.3 is 0 Å². The minimum Gasteiger partial charge on any atom is -0.319 e. The molecule has 0 unspecified atom stereocenters. The van der Waals surface area contributed by atoms with E-state index in [1.165, 1.54) is 18.4 Å². The van der Waals surface area contributed by atoms with Gasteiger partial charge in [-0.15, -0.1) is 0 Å². The van der Waals surface area contributed by atoms with Crippen molar-refractivity contribution >= 4 is 23.2 Å². The van der Waals surface area contributed by atoms with Crippen LogP contribution in [0.15, 0.2) is 18.2 Å². The quantitative estimate of drug-likeness (QED) is 0.840. The summed E-state index contributed by atoms with van der Waals surface area (Å²) in [5.41, 5.74) is 1.63. The summed E-state index contributed by atoms with van der Waals surface area (Å²) in [6.45, 7) is 1.02. The number of hydrogen-bond donors (Lipinski definition) is 1. The van der Waals surface area contributed by atoms with Crippen LogP contribution < -0.4 is 5.32 Å². The molecule has 1 aliphatic rings. The lowest BCUT2D eigenvalue weighted by molar-refractivity contribution is 0.624. The van der Waals surface area contributed by atoms with Gasteiger partial charge in [-0.25, -0.2) is 0 Å². The number of halogens is 2. The Morgan fingerprint density at radius 1 is 1.29 bits per heavy atom. The fourth-order valence-corrected chi connectivity index (χ4v) is 2.18. The average molecular weight is 230 g/mol. The van der Waals surface area contributed by atoms with Gasteiger partial charge in [-0.1, -0.05) is 29.3 Å². The van der Waals surface area contributed by atoms with Gasteiger partial charge in [0, 0.05) is 12.0 Å². The summed E-state index contributed by atoms with van der Waals surface area (Å²) in [5, 5.41) is 4.52. The molecule has 76 valence electrons. The molecule has 3 heteroatoms. The summed E-state index contributed by atoms with van der Waals surface area (Å²) in [5.74, 6) is 0. The minimum atomic E-state index is 0.322. The highest BCUT2D eigenvalue weighted by atomic mass is 35.5. The van der Waals surface area contributed by atoms with Crippen LogP contribution in [0.2, 0.25) is 10.0 Å². The lowest BCUT2D eigenvalue weighted by atomic mass is 9.96. The molecule has 1 saturated carbocycles. The van der Waals surface area contributed by atoms with E-state index >= 15 is 0 Å². The minimum absolute atomic E-state index is 0.322. The molecule has 0 aliphatic heterocycles. The summed E-state index contributed by atoms with van der Waals surface area (Å²) in [6, 6.07) is 5.96. The molecule has 0 aromatic heterocycles. The second kappa shape index (κ2) is 3.73. The second-order valence-electron chi connectivity index (χ2n) is 3.94. The fraction of sp³-hybridized carbons (Fsp3) is 0.455. The Bertz CT molecular complexity index is 345. The predicted molar refractivity (Wildman–Crippen MR) is 61.3 cm³/mol. The lowest BCUT2D eigenvalue weighted by Gasteiger charge is -2.15. The smallest absolute Gasteiger partial charge is 0.0595 e. The van der Waals surface area contributed by atoms with Crippen molar-refractivity contribution in [3.8, 4) is 0 Å². The number of rotatable bonds is 3. The molecule has 1 nitrogen and oxygen atoms in total. The molecule has 14 heavy (non-hydrogen) atoms. The fourth-order valence-electron chi connectivity index (χ4n) is 1.88. The molecule has 0 saturated heterocycles. The van der Waals surface area contributed by atoms with Crippen LogP contribution in [0.25, 0.3) is 0 Å². The van der Waals surface area contributed by atoms with E-state index in [4.69, 9.17) is 23.2 Å². The maximum Gasteiger partial charge on any atom is 0.0595 e. The third kappa shape index (κ3) is 1.77. The molecule has 1 aliphatic carbocycles. The Hall–Kier alpha value is -0.240. The van der Waals surface area contributed by atoms with Gasteiger partial charge in [-0.2, -0.15) is 0 Å². The third-order valence-corrected chi connectivity index (χ3v) is 3.64. The zero-order chi connectivity index (χ0) is 10.2. The molecule has 0 atom stereocenters. The first kappa shape index (κ1) is 10.3. The van der Waals surface area contributed by atoms with Gasteiger partial charge in [-0.3, -0.25) is 0 Å². The number of nitrogens with one attached hydrogen (secondary N) is 1. The van der Waals surface area contributed by atoms with Gasteiger partial charge in [0.15, 0.2) is 0 Å². The highest BCUT2D eigenvalue weighted by Gasteiger charge is 2.43. The molecule has 1 N–H and O–H groups in total. The summed E-state index contributed by atoms with van der Waals surface area (Å²) in [4.78, 5) is 0. The van der Waals surface area contributed by atoms with E-state index in [-0.39, 0.29) is 0 Å². The first-order valence-electron chi connectivity index (χ1n) is 4.78. The highest BCUT2D eigenvalue weighted by Crippen LogP contribution is 2.48. The Balaban J connectivity index is 2.28. The van der Waals surface area contributed by atoms with E-state index in [1.807, 2.05) is 19.2 Å². The van der Waals surface area contributed by atoms with Crippen LogP contribution in [-0.2, 0) is 5.41 Å². The SMILES string of the molecule is CNCC1(c2ccc(Cl)c(Cl)c2)CC1. The molecular weight excluding hydrogens is 217 g/mol. The van der Waals surface area contributed by atoms with Crippen molar-refractivity contribution in [3.63, 3.8) is 0 Å². The first-order valence-corrected chi connectivity index (χ1v) is 5.54. The Labute approximate surface area is 94.4 Å². The molecule has 0 amide bonds. The van der Waals surface area contributed by atoms with E-state index < -0.39 is 0 Å². The van der Waals surface area contributed by atoms with Crippen LogP contribution in [0.4, 0.5) is 0 Å².